The number of hydrogen-bond acceptors (Lipinski definition) is 2. The van der Waals surface area contributed by atoms with Crippen LogP contribution < -0.4 is 10.6 Å². The van der Waals surface area contributed by atoms with Gasteiger partial charge in [-0.3, -0.25) is 0 Å². The van der Waals surface area contributed by atoms with Gasteiger partial charge in [0.2, 0.25) is 0 Å². The number of carbonyl (C=O) groups is 1. The SMILES string of the molecule is CCCNC(=O)NCCCN(C)Cc1ccccc1. The van der Waals surface area contributed by atoms with Crippen LogP contribution in [-0.4, -0.2) is 37.6 Å². The maximum absolute atomic E-state index is 11.3. The van der Waals surface area contributed by atoms with Crippen molar-refractivity contribution in [2.75, 3.05) is 26.7 Å². The summed E-state index contributed by atoms with van der Waals surface area (Å²) in [4.78, 5) is 13.6. The van der Waals surface area contributed by atoms with Gasteiger partial charge in [0.1, 0.15) is 0 Å². The first-order chi connectivity index (χ1) is 9.22. The second kappa shape index (κ2) is 9.39. The molecule has 19 heavy (non-hydrogen) atoms. The quantitative estimate of drug-likeness (QED) is 0.706. The fourth-order valence-corrected chi connectivity index (χ4v) is 1.83. The van der Waals surface area contributed by atoms with Gasteiger partial charge >= 0.3 is 6.03 Å². The van der Waals surface area contributed by atoms with Crippen molar-refractivity contribution in [3.63, 3.8) is 0 Å². The Bertz CT molecular complexity index is 354. The van der Waals surface area contributed by atoms with Crippen molar-refractivity contribution in [1.29, 1.82) is 0 Å². The number of rotatable bonds is 8. The summed E-state index contributed by atoms with van der Waals surface area (Å²) in [6.07, 6.45) is 1.93. The van der Waals surface area contributed by atoms with Crippen LogP contribution in [0.15, 0.2) is 30.3 Å². The highest BCUT2D eigenvalue weighted by molar-refractivity contribution is 5.73. The molecule has 1 aromatic carbocycles. The molecule has 0 aliphatic heterocycles. The van der Waals surface area contributed by atoms with Crippen molar-refractivity contribution < 1.29 is 4.79 Å². The van der Waals surface area contributed by atoms with E-state index in [1.54, 1.807) is 0 Å². The van der Waals surface area contributed by atoms with Crippen LogP contribution in [0.2, 0.25) is 0 Å². The van der Waals surface area contributed by atoms with E-state index >= 15 is 0 Å². The molecule has 4 heteroatoms. The highest BCUT2D eigenvalue weighted by Gasteiger charge is 2.01. The predicted molar refractivity (Wildman–Crippen MR) is 79.1 cm³/mol. The largest absolute Gasteiger partial charge is 0.338 e. The minimum atomic E-state index is -0.0624. The standard InChI is InChI=1S/C15H25N3O/c1-3-10-16-15(19)17-11-7-12-18(2)13-14-8-5-4-6-9-14/h4-6,8-9H,3,7,10-13H2,1-2H3,(H2,16,17,19). The fourth-order valence-electron chi connectivity index (χ4n) is 1.83. The first kappa shape index (κ1) is 15.5. The molecule has 0 aromatic heterocycles. The third-order valence-electron chi connectivity index (χ3n) is 2.83. The molecule has 0 aliphatic rings. The summed E-state index contributed by atoms with van der Waals surface area (Å²) in [5.41, 5.74) is 1.32. The maximum atomic E-state index is 11.3. The van der Waals surface area contributed by atoms with Gasteiger partial charge in [0.05, 0.1) is 0 Å². The number of amides is 2. The molecule has 106 valence electrons. The monoisotopic (exact) mass is 263 g/mol. The molecular formula is C15H25N3O. The van der Waals surface area contributed by atoms with E-state index < -0.39 is 0 Å². The minimum Gasteiger partial charge on any atom is -0.338 e. The van der Waals surface area contributed by atoms with Gasteiger partial charge in [0.15, 0.2) is 0 Å². The maximum Gasteiger partial charge on any atom is 0.314 e. The second-order valence-corrected chi connectivity index (χ2v) is 4.76. The lowest BCUT2D eigenvalue weighted by molar-refractivity contribution is 0.239. The summed E-state index contributed by atoms with van der Waals surface area (Å²) in [5.74, 6) is 0. The molecule has 2 amide bonds. The van der Waals surface area contributed by atoms with Gasteiger partial charge in [-0.25, -0.2) is 4.79 Å². The highest BCUT2D eigenvalue weighted by Crippen LogP contribution is 2.02. The van der Waals surface area contributed by atoms with E-state index in [9.17, 15) is 4.79 Å². The molecule has 0 radical (unpaired) electrons. The lowest BCUT2D eigenvalue weighted by Crippen LogP contribution is -2.37. The van der Waals surface area contributed by atoms with Crippen molar-refractivity contribution >= 4 is 6.03 Å². The first-order valence-corrected chi connectivity index (χ1v) is 6.96. The third-order valence-corrected chi connectivity index (χ3v) is 2.83. The number of benzene rings is 1. The summed E-state index contributed by atoms with van der Waals surface area (Å²) in [6, 6.07) is 10.3. The van der Waals surface area contributed by atoms with E-state index in [-0.39, 0.29) is 6.03 Å². The zero-order valence-electron chi connectivity index (χ0n) is 12.0. The van der Waals surface area contributed by atoms with Crippen LogP contribution in [0.3, 0.4) is 0 Å². The van der Waals surface area contributed by atoms with Gasteiger partial charge < -0.3 is 15.5 Å². The van der Waals surface area contributed by atoms with E-state index in [1.165, 1.54) is 5.56 Å². The Labute approximate surface area is 116 Å². The Morgan fingerprint density at radius 3 is 2.53 bits per heavy atom. The summed E-state index contributed by atoms with van der Waals surface area (Å²) in [5, 5.41) is 5.66. The van der Waals surface area contributed by atoms with Crippen molar-refractivity contribution in [1.82, 2.24) is 15.5 Å². The Hall–Kier alpha value is -1.55. The van der Waals surface area contributed by atoms with Gasteiger partial charge in [-0.15, -0.1) is 0 Å². The fraction of sp³-hybridized carbons (Fsp3) is 0.533. The molecule has 0 unspecified atom stereocenters. The second-order valence-electron chi connectivity index (χ2n) is 4.76. The van der Waals surface area contributed by atoms with Crippen LogP contribution in [0, 0.1) is 0 Å². The molecule has 0 bridgehead atoms. The summed E-state index contributed by atoms with van der Waals surface area (Å²) in [7, 11) is 2.10. The number of carbonyl (C=O) groups excluding carboxylic acids is 1. The van der Waals surface area contributed by atoms with Gasteiger partial charge in [-0.05, 0) is 32.0 Å². The van der Waals surface area contributed by atoms with E-state index in [2.05, 4.69) is 46.8 Å². The van der Waals surface area contributed by atoms with Gasteiger partial charge in [0, 0.05) is 19.6 Å². The first-order valence-electron chi connectivity index (χ1n) is 6.96. The Kier molecular flexibility index (Phi) is 7.66. The molecule has 0 aliphatic carbocycles. The number of nitrogens with zero attached hydrogens (tertiary/aromatic N) is 1. The van der Waals surface area contributed by atoms with Crippen LogP contribution in [0.5, 0.6) is 0 Å². The normalized spacial score (nSPS) is 10.5. The smallest absolute Gasteiger partial charge is 0.314 e. The topological polar surface area (TPSA) is 44.4 Å². The zero-order valence-corrected chi connectivity index (χ0v) is 12.0. The van der Waals surface area contributed by atoms with Crippen molar-refractivity contribution in [3.05, 3.63) is 35.9 Å². The van der Waals surface area contributed by atoms with Crippen LogP contribution in [0.4, 0.5) is 4.79 Å². The Morgan fingerprint density at radius 1 is 1.16 bits per heavy atom. The number of nitrogens with one attached hydrogen (secondary N) is 2. The van der Waals surface area contributed by atoms with Gasteiger partial charge in [-0.2, -0.15) is 0 Å². The average Bonchev–Trinajstić information content (AvgIpc) is 2.42. The summed E-state index contributed by atoms with van der Waals surface area (Å²) >= 11 is 0. The molecule has 2 N–H and O–H groups in total. The minimum absolute atomic E-state index is 0.0624. The third kappa shape index (κ3) is 7.47. The summed E-state index contributed by atoms with van der Waals surface area (Å²) in [6.45, 7) is 5.42. The molecule has 4 nitrogen and oxygen atoms in total. The zero-order chi connectivity index (χ0) is 13.9. The molecule has 0 saturated heterocycles. The molecule has 0 atom stereocenters. The number of urea groups is 1. The number of hydrogen-bond donors (Lipinski definition) is 2. The highest BCUT2D eigenvalue weighted by atomic mass is 16.2. The van der Waals surface area contributed by atoms with E-state index in [0.29, 0.717) is 6.54 Å². The molecule has 0 saturated carbocycles. The average molecular weight is 263 g/mol. The van der Waals surface area contributed by atoms with Crippen molar-refractivity contribution in [3.8, 4) is 0 Å². The van der Waals surface area contributed by atoms with Crippen LogP contribution in [0.1, 0.15) is 25.3 Å². The van der Waals surface area contributed by atoms with Crippen molar-refractivity contribution in [2.45, 2.75) is 26.3 Å². The molecule has 1 aromatic rings. The predicted octanol–water partition coefficient (Wildman–Crippen LogP) is 2.22. The lowest BCUT2D eigenvalue weighted by atomic mass is 10.2. The molecule has 0 fully saturated rings. The lowest BCUT2D eigenvalue weighted by Gasteiger charge is -2.16. The Balaban J connectivity index is 2.07. The Morgan fingerprint density at radius 2 is 1.84 bits per heavy atom. The molecule has 0 heterocycles. The van der Waals surface area contributed by atoms with Gasteiger partial charge in [0.25, 0.3) is 0 Å². The molecule has 1 rings (SSSR count). The molecule has 0 spiro atoms. The van der Waals surface area contributed by atoms with E-state index in [0.717, 1.165) is 32.5 Å². The van der Waals surface area contributed by atoms with Crippen molar-refractivity contribution in [2.24, 2.45) is 0 Å². The van der Waals surface area contributed by atoms with E-state index in [4.69, 9.17) is 0 Å². The van der Waals surface area contributed by atoms with Crippen LogP contribution in [-0.2, 0) is 6.54 Å². The molecular weight excluding hydrogens is 238 g/mol. The van der Waals surface area contributed by atoms with Crippen LogP contribution >= 0.6 is 0 Å². The van der Waals surface area contributed by atoms with Gasteiger partial charge in [-0.1, -0.05) is 37.3 Å². The van der Waals surface area contributed by atoms with Crippen LogP contribution in [0.25, 0.3) is 0 Å². The van der Waals surface area contributed by atoms with E-state index in [1.807, 2.05) is 13.0 Å². The summed E-state index contributed by atoms with van der Waals surface area (Å²) < 4.78 is 0.